The molecule has 0 aromatic carbocycles. The van der Waals surface area contributed by atoms with E-state index in [-0.39, 0.29) is 5.92 Å². The SMILES string of the molecule is CC1CCCC(NC2CCN(C(=O)C(C)C)CC2)C1. The van der Waals surface area contributed by atoms with Crippen molar-refractivity contribution in [3.05, 3.63) is 0 Å². The van der Waals surface area contributed by atoms with Crippen LogP contribution in [0.25, 0.3) is 0 Å². The molecule has 0 aromatic rings. The summed E-state index contributed by atoms with van der Waals surface area (Å²) in [4.78, 5) is 14.0. The van der Waals surface area contributed by atoms with Gasteiger partial charge in [0.1, 0.15) is 0 Å². The Morgan fingerprint density at radius 3 is 2.37 bits per heavy atom. The summed E-state index contributed by atoms with van der Waals surface area (Å²) in [6.07, 6.45) is 7.72. The third kappa shape index (κ3) is 4.20. The van der Waals surface area contributed by atoms with Crippen molar-refractivity contribution in [3.8, 4) is 0 Å². The first-order valence-electron chi connectivity index (χ1n) is 8.11. The number of hydrogen-bond acceptors (Lipinski definition) is 2. The number of rotatable bonds is 3. The number of nitrogens with one attached hydrogen (secondary N) is 1. The molecule has 0 aromatic heterocycles. The minimum Gasteiger partial charge on any atom is -0.342 e. The Balaban J connectivity index is 1.72. The summed E-state index contributed by atoms with van der Waals surface area (Å²) in [5.41, 5.74) is 0. The summed E-state index contributed by atoms with van der Waals surface area (Å²) in [5.74, 6) is 1.35. The fourth-order valence-electron chi connectivity index (χ4n) is 3.55. The molecule has 1 aliphatic heterocycles. The van der Waals surface area contributed by atoms with Gasteiger partial charge in [-0.1, -0.05) is 33.6 Å². The van der Waals surface area contributed by atoms with Crippen LogP contribution in [0.2, 0.25) is 0 Å². The van der Waals surface area contributed by atoms with E-state index in [4.69, 9.17) is 0 Å². The highest BCUT2D eigenvalue weighted by molar-refractivity contribution is 5.78. The fourth-order valence-corrected chi connectivity index (χ4v) is 3.55. The van der Waals surface area contributed by atoms with Crippen LogP contribution in [0.1, 0.15) is 59.3 Å². The third-order valence-electron chi connectivity index (χ3n) is 4.71. The molecule has 3 heteroatoms. The van der Waals surface area contributed by atoms with Crippen molar-refractivity contribution in [2.24, 2.45) is 11.8 Å². The Labute approximate surface area is 118 Å². The van der Waals surface area contributed by atoms with E-state index in [1.807, 2.05) is 18.7 Å². The average Bonchev–Trinajstić information content (AvgIpc) is 2.39. The normalized spacial score (nSPS) is 29.8. The summed E-state index contributed by atoms with van der Waals surface area (Å²) in [6, 6.07) is 1.35. The molecular formula is C16H30N2O. The average molecular weight is 266 g/mol. The molecule has 2 rings (SSSR count). The Morgan fingerprint density at radius 1 is 1.11 bits per heavy atom. The first-order valence-corrected chi connectivity index (χ1v) is 8.11. The fraction of sp³-hybridized carbons (Fsp3) is 0.938. The van der Waals surface area contributed by atoms with Gasteiger partial charge in [0.05, 0.1) is 0 Å². The monoisotopic (exact) mass is 266 g/mol. The van der Waals surface area contributed by atoms with Crippen LogP contribution in [0.3, 0.4) is 0 Å². The molecule has 3 nitrogen and oxygen atoms in total. The van der Waals surface area contributed by atoms with Crippen LogP contribution >= 0.6 is 0 Å². The second-order valence-corrected chi connectivity index (χ2v) is 6.89. The van der Waals surface area contributed by atoms with Gasteiger partial charge < -0.3 is 10.2 Å². The Hall–Kier alpha value is -0.570. The lowest BCUT2D eigenvalue weighted by atomic mass is 9.86. The molecule has 19 heavy (non-hydrogen) atoms. The van der Waals surface area contributed by atoms with Gasteiger partial charge >= 0.3 is 0 Å². The van der Waals surface area contributed by atoms with Gasteiger partial charge in [0.25, 0.3) is 0 Å². The summed E-state index contributed by atoms with van der Waals surface area (Å²) >= 11 is 0. The van der Waals surface area contributed by atoms with Crippen LogP contribution in [0, 0.1) is 11.8 Å². The van der Waals surface area contributed by atoms with Crippen LogP contribution in [-0.4, -0.2) is 36.0 Å². The third-order valence-corrected chi connectivity index (χ3v) is 4.71. The first kappa shape index (κ1) is 14.8. The van der Waals surface area contributed by atoms with E-state index in [0.717, 1.165) is 37.9 Å². The van der Waals surface area contributed by atoms with Crippen molar-refractivity contribution in [2.45, 2.75) is 71.4 Å². The maximum atomic E-state index is 11.9. The van der Waals surface area contributed by atoms with Gasteiger partial charge in [0, 0.05) is 31.1 Å². The first-order chi connectivity index (χ1) is 9.06. The highest BCUT2D eigenvalue weighted by atomic mass is 16.2. The second-order valence-electron chi connectivity index (χ2n) is 6.89. The smallest absolute Gasteiger partial charge is 0.225 e. The van der Waals surface area contributed by atoms with Gasteiger partial charge in [0.2, 0.25) is 5.91 Å². The van der Waals surface area contributed by atoms with Crippen molar-refractivity contribution in [2.75, 3.05) is 13.1 Å². The zero-order valence-corrected chi connectivity index (χ0v) is 12.8. The topological polar surface area (TPSA) is 32.3 Å². The Kier molecular flexibility index (Phi) is 5.26. The summed E-state index contributed by atoms with van der Waals surface area (Å²) in [5, 5.41) is 3.84. The van der Waals surface area contributed by atoms with E-state index in [0.29, 0.717) is 11.9 Å². The molecule has 0 radical (unpaired) electrons. The number of hydrogen-bond donors (Lipinski definition) is 1. The number of carbonyl (C=O) groups excluding carboxylic acids is 1. The molecular weight excluding hydrogens is 236 g/mol. The van der Waals surface area contributed by atoms with Crippen molar-refractivity contribution >= 4 is 5.91 Å². The summed E-state index contributed by atoms with van der Waals surface area (Å²) < 4.78 is 0. The van der Waals surface area contributed by atoms with E-state index in [1.54, 1.807) is 0 Å². The van der Waals surface area contributed by atoms with Gasteiger partial charge in [-0.2, -0.15) is 0 Å². The lowest BCUT2D eigenvalue weighted by Gasteiger charge is -2.37. The zero-order valence-electron chi connectivity index (χ0n) is 12.8. The van der Waals surface area contributed by atoms with E-state index >= 15 is 0 Å². The Morgan fingerprint density at radius 2 is 1.79 bits per heavy atom. The second kappa shape index (κ2) is 6.74. The predicted molar refractivity (Wildman–Crippen MR) is 79.0 cm³/mol. The predicted octanol–water partition coefficient (Wildman–Crippen LogP) is 2.80. The van der Waals surface area contributed by atoms with E-state index < -0.39 is 0 Å². The van der Waals surface area contributed by atoms with E-state index in [9.17, 15) is 4.79 Å². The number of likely N-dealkylation sites (tertiary alicyclic amines) is 1. The molecule has 0 spiro atoms. The van der Waals surface area contributed by atoms with Gasteiger partial charge in [-0.05, 0) is 31.6 Å². The Bertz CT molecular complexity index is 295. The van der Waals surface area contributed by atoms with Crippen LogP contribution in [0.15, 0.2) is 0 Å². The molecule has 1 saturated carbocycles. The largest absolute Gasteiger partial charge is 0.342 e. The van der Waals surface area contributed by atoms with Gasteiger partial charge in [-0.3, -0.25) is 4.79 Å². The molecule has 1 aliphatic carbocycles. The molecule has 2 atom stereocenters. The van der Waals surface area contributed by atoms with Crippen molar-refractivity contribution in [1.29, 1.82) is 0 Å². The van der Waals surface area contributed by atoms with Crippen molar-refractivity contribution in [3.63, 3.8) is 0 Å². The molecule has 1 N–H and O–H groups in total. The molecule has 2 aliphatic rings. The summed E-state index contributed by atoms with van der Waals surface area (Å²) in [6.45, 7) is 8.25. The highest BCUT2D eigenvalue weighted by Gasteiger charge is 2.27. The lowest BCUT2D eigenvalue weighted by molar-refractivity contribution is -0.135. The lowest BCUT2D eigenvalue weighted by Crippen LogP contribution is -2.49. The van der Waals surface area contributed by atoms with E-state index in [1.165, 1.54) is 25.7 Å². The molecule has 0 bridgehead atoms. The molecule has 1 heterocycles. The number of piperidine rings is 1. The maximum absolute atomic E-state index is 11.9. The standard InChI is InChI=1S/C16H30N2O/c1-12(2)16(19)18-9-7-14(8-10-18)17-15-6-4-5-13(3)11-15/h12-15,17H,4-11H2,1-3H3. The molecule has 1 saturated heterocycles. The molecule has 2 fully saturated rings. The van der Waals surface area contributed by atoms with Crippen molar-refractivity contribution in [1.82, 2.24) is 10.2 Å². The van der Waals surface area contributed by atoms with Gasteiger partial charge in [0.15, 0.2) is 0 Å². The molecule has 1 amide bonds. The van der Waals surface area contributed by atoms with Crippen LogP contribution in [0.4, 0.5) is 0 Å². The van der Waals surface area contributed by atoms with Crippen molar-refractivity contribution < 1.29 is 4.79 Å². The number of carbonyl (C=O) groups is 1. The quantitative estimate of drug-likeness (QED) is 0.852. The highest BCUT2D eigenvalue weighted by Crippen LogP contribution is 2.25. The number of amides is 1. The number of nitrogens with zero attached hydrogens (tertiary/aromatic N) is 1. The summed E-state index contributed by atoms with van der Waals surface area (Å²) in [7, 11) is 0. The molecule has 110 valence electrons. The van der Waals surface area contributed by atoms with Crippen LogP contribution in [0.5, 0.6) is 0 Å². The van der Waals surface area contributed by atoms with Crippen LogP contribution in [-0.2, 0) is 4.79 Å². The van der Waals surface area contributed by atoms with E-state index in [2.05, 4.69) is 12.2 Å². The minimum absolute atomic E-state index is 0.142. The minimum atomic E-state index is 0.142. The molecule has 2 unspecified atom stereocenters. The van der Waals surface area contributed by atoms with Crippen LogP contribution < -0.4 is 5.32 Å². The zero-order chi connectivity index (χ0) is 13.8. The maximum Gasteiger partial charge on any atom is 0.225 e. The van der Waals surface area contributed by atoms with Gasteiger partial charge in [-0.25, -0.2) is 0 Å². The van der Waals surface area contributed by atoms with Gasteiger partial charge in [-0.15, -0.1) is 0 Å².